The molecule has 1 atom stereocenters. The molecule has 2 aliphatic rings. The fourth-order valence-corrected chi connectivity index (χ4v) is 4.01. The number of esters is 2. The summed E-state index contributed by atoms with van der Waals surface area (Å²) in [6, 6.07) is 6.79. The molecule has 0 radical (unpaired) electrons. The number of benzene rings is 1. The molecule has 168 valence electrons. The molecule has 0 aromatic heterocycles. The van der Waals surface area contributed by atoms with E-state index in [1.165, 1.54) is 0 Å². The first-order valence-corrected chi connectivity index (χ1v) is 10.9. The van der Waals surface area contributed by atoms with E-state index in [0.29, 0.717) is 50.4 Å². The number of ether oxygens (including phenoxy) is 2. The zero-order valence-electron chi connectivity index (χ0n) is 18.4. The molecule has 1 saturated heterocycles. The van der Waals surface area contributed by atoms with Crippen molar-refractivity contribution in [2.75, 3.05) is 32.8 Å². The number of amides is 2. The van der Waals surface area contributed by atoms with Crippen LogP contribution in [0.4, 0.5) is 4.79 Å². The van der Waals surface area contributed by atoms with Gasteiger partial charge >= 0.3 is 18.0 Å². The maximum atomic E-state index is 12.9. The van der Waals surface area contributed by atoms with Gasteiger partial charge in [0.1, 0.15) is 0 Å². The quantitative estimate of drug-likeness (QED) is 0.647. The minimum atomic E-state index is -0.583. The summed E-state index contributed by atoms with van der Waals surface area (Å²) in [5.74, 6) is -0.696. The first kappa shape index (κ1) is 22.8. The number of carbonyl (C=O) groups excluding carboxylic acids is 3. The van der Waals surface area contributed by atoms with Crippen LogP contribution in [-0.2, 0) is 19.1 Å². The van der Waals surface area contributed by atoms with E-state index < -0.39 is 12.0 Å². The second-order valence-corrected chi connectivity index (χ2v) is 7.86. The lowest BCUT2D eigenvalue weighted by molar-refractivity contribution is -0.149. The highest BCUT2D eigenvalue weighted by atomic mass is 16.5. The van der Waals surface area contributed by atoms with Crippen molar-refractivity contribution < 1.29 is 23.9 Å². The standard InChI is InChI=1S/C23H31N3O5/c1-4-30-21(27)17-10-12-26(13-11-17)14-18-19(22(28)31-5-2)20(25-23(29)24-18)16-8-6-15(3)7-9-16/h6-9,17,20H,4-5,10-14H2,1-3H3,(H2,24,25,29)/t20-/m0/s1. The maximum absolute atomic E-state index is 12.9. The van der Waals surface area contributed by atoms with Crippen LogP contribution in [0.2, 0.25) is 0 Å². The Morgan fingerprint density at radius 2 is 1.71 bits per heavy atom. The number of aryl methyl sites for hydroxylation is 1. The molecule has 0 spiro atoms. The molecular weight excluding hydrogens is 398 g/mol. The molecule has 0 aliphatic carbocycles. The fourth-order valence-electron chi connectivity index (χ4n) is 4.01. The Kier molecular flexibility index (Phi) is 7.68. The van der Waals surface area contributed by atoms with Crippen LogP contribution in [0, 0.1) is 12.8 Å². The van der Waals surface area contributed by atoms with Gasteiger partial charge in [0.25, 0.3) is 0 Å². The molecule has 1 aromatic rings. The van der Waals surface area contributed by atoms with Gasteiger partial charge in [-0.2, -0.15) is 0 Å². The van der Waals surface area contributed by atoms with Crippen molar-refractivity contribution in [1.29, 1.82) is 0 Å². The van der Waals surface area contributed by atoms with E-state index in [9.17, 15) is 14.4 Å². The molecule has 2 aliphatic heterocycles. The normalized spacial score (nSPS) is 20.1. The monoisotopic (exact) mass is 429 g/mol. The van der Waals surface area contributed by atoms with E-state index in [1.807, 2.05) is 31.2 Å². The Balaban J connectivity index is 1.82. The SMILES string of the molecule is CCOC(=O)C1=C(CN2CCC(C(=O)OCC)CC2)NC(=O)N[C@H]1c1ccc(C)cc1. The summed E-state index contributed by atoms with van der Waals surface area (Å²) in [4.78, 5) is 39.4. The van der Waals surface area contributed by atoms with Gasteiger partial charge in [-0.1, -0.05) is 29.8 Å². The molecule has 31 heavy (non-hydrogen) atoms. The van der Waals surface area contributed by atoms with Crippen molar-refractivity contribution in [1.82, 2.24) is 15.5 Å². The predicted molar refractivity (Wildman–Crippen MR) is 115 cm³/mol. The van der Waals surface area contributed by atoms with Gasteiger partial charge in [0, 0.05) is 12.2 Å². The van der Waals surface area contributed by atoms with Crippen molar-refractivity contribution in [3.05, 3.63) is 46.7 Å². The molecule has 8 heteroatoms. The molecule has 1 aromatic carbocycles. The lowest BCUT2D eigenvalue weighted by Gasteiger charge is -2.35. The largest absolute Gasteiger partial charge is 0.466 e. The third kappa shape index (κ3) is 5.64. The first-order valence-electron chi connectivity index (χ1n) is 10.9. The number of hydrogen-bond donors (Lipinski definition) is 2. The van der Waals surface area contributed by atoms with Gasteiger partial charge in [-0.3, -0.25) is 9.69 Å². The van der Waals surface area contributed by atoms with Crippen LogP contribution in [-0.4, -0.2) is 55.7 Å². The van der Waals surface area contributed by atoms with Crippen molar-refractivity contribution in [2.45, 2.75) is 39.7 Å². The van der Waals surface area contributed by atoms with Crippen LogP contribution in [0.1, 0.15) is 43.9 Å². The molecular formula is C23H31N3O5. The van der Waals surface area contributed by atoms with Crippen molar-refractivity contribution in [3.63, 3.8) is 0 Å². The van der Waals surface area contributed by atoms with Crippen LogP contribution in [0.5, 0.6) is 0 Å². The highest BCUT2D eigenvalue weighted by molar-refractivity contribution is 5.95. The summed E-state index contributed by atoms with van der Waals surface area (Å²) in [7, 11) is 0. The third-order valence-electron chi connectivity index (χ3n) is 5.65. The Hall–Kier alpha value is -2.87. The van der Waals surface area contributed by atoms with Gasteiger partial charge in [-0.05, 0) is 52.3 Å². The molecule has 0 bridgehead atoms. The van der Waals surface area contributed by atoms with Gasteiger partial charge < -0.3 is 20.1 Å². The number of hydrogen-bond acceptors (Lipinski definition) is 6. The average molecular weight is 430 g/mol. The molecule has 8 nitrogen and oxygen atoms in total. The lowest BCUT2D eigenvalue weighted by Crippen LogP contribution is -2.49. The number of carbonyl (C=O) groups is 3. The maximum Gasteiger partial charge on any atom is 0.338 e. The molecule has 1 fully saturated rings. The topological polar surface area (TPSA) is 97.0 Å². The van der Waals surface area contributed by atoms with Crippen LogP contribution in [0.3, 0.4) is 0 Å². The average Bonchev–Trinajstić information content (AvgIpc) is 2.74. The van der Waals surface area contributed by atoms with Gasteiger partial charge in [0.05, 0.1) is 30.7 Å². The van der Waals surface area contributed by atoms with Gasteiger partial charge in [-0.15, -0.1) is 0 Å². The minimum Gasteiger partial charge on any atom is -0.466 e. The van der Waals surface area contributed by atoms with Crippen molar-refractivity contribution in [3.8, 4) is 0 Å². The Morgan fingerprint density at radius 3 is 2.32 bits per heavy atom. The van der Waals surface area contributed by atoms with E-state index in [2.05, 4.69) is 15.5 Å². The Bertz CT molecular complexity index is 841. The van der Waals surface area contributed by atoms with E-state index in [0.717, 1.165) is 11.1 Å². The zero-order chi connectivity index (χ0) is 22.4. The van der Waals surface area contributed by atoms with Gasteiger partial charge in [-0.25, -0.2) is 9.59 Å². The van der Waals surface area contributed by atoms with E-state index in [4.69, 9.17) is 9.47 Å². The molecule has 0 saturated carbocycles. The van der Waals surface area contributed by atoms with Crippen molar-refractivity contribution in [2.24, 2.45) is 5.92 Å². The van der Waals surface area contributed by atoms with E-state index in [1.54, 1.807) is 13.8 Å². The molecule has 3 rings (SSSR count). The van der Waals surface area contributed by atoms with Crippen LogP contribution in [0.25, 0.3) is 0 Å². The van der Waals surface area contributed by atoms with Crippen LogP contribution >= 0.6 is 0 Å². The minimum absolute atomic E-state index is 0.0994. The third-order valence-corrected chi connectivity index (χ3v) is 5.65. The number of nitrogens with zero attached hydrogens (tertiary/aromatic N) is 1. The smallest absolute Gasteiger partial charge is 0.338 e. The Labute approximate surface area is 183 Å². The summed E-state index contributed by atoms with van der Waals surface area (Å²) in [6.07, 6.45) is 1.38. The summed E-state index contributed by atoms with van der Waals surface area (Å²) in [6.45, 7) is 7.94. The van der Waals surface area contributed by atoms with Crippen LogP contribution in [0.15, 0.2) is 35.5 Å². The van der Waals surface area contributed by atoms with Crippen LogP contribution < -0.4 is 10.6 Å². The molecule has 0 unspecified atom stereocenters. The number of likely N-dealkylation sites (tertiary alicyclic amines) is 1. The van der Waals surface area contributed by atoms with E-state index >= 15 is 0 Å². The van der Waals surface area contributed by atoms with Gasteiger partial charge in [0.15, 0.2) is 0 Å². The molecule has 2 N–H and O–H groups in total. The summed E-state index contributed by atoms with van der Waals surface area (Å²) >= 11 is 0. The number of piperidine rings is 1. The second-order valence-electron chi connectivity index (χ2n) is 7.86. The van der Waals surface area contributed by atoms with Crippen molar-refractivity contribution >= 4 is 18.0 Å². The number of urea groups is 1. The van der Waals surface area contributed by atoms with E-state index in [-0.39, 0.29) is 24.5 Å². The summed E-state index contributed by atoms with van der Waals surface area (Å²) in [5, 5.41) is 5.67. The number of rotatable bonds is 7. The summed E-state index contributed by atoms with van der Waals surface area (Å²) in [5.41, 5.74) is 2.87. The Morgan fingerprint density at radius 1 is 1.06 bits per heavy atom. The summed E-state index contributed by atoms with van der Waals surface area (Å²) < 4.78 is 10.5. The highest BCUT2D eigenvalue weighted by Crippen LogP contribution is 2.29. The zero-order valence-corrected chi connectivity index (χ0v) is 18.4. The first-order chi connectivity index (χ1) is 14.9. The second kappa shape index (κ2) is 10.4. The predicted octanol–water partition coefficient (Wildman–Crippen LogP) is 2.44. The number of nitrogens with one attached hydrogen (secondary N) is 2. The van der Waals surface area contributed by atoms with Gasteiger partial charge in [0.2, 0.25) is 0 Å². The fraction of sp³-hybridized carbons (Fsp3) is 0.522. The lowest BCUT2D eigenvalue weighted by atomic mass is 9.93. The molecule has 2 heterocycles. The highest BCUT2D eigenvalue weighted by Gasteiger charge is 2.35. The molecule has 2 amide bonds.